The Hall–Kier alpha value is -8.40. The quantitative estimate of drug-likeness (QED) is 0.152. The van der Waals surface area contributed by atoms with Crippen LogP contribution in [0.3, 0.4) is 0 Å². The first-order valence-corrected chi connectivity index (χ1v) is 21.5. The third-order valence-corrected chi connectivity index (χ3v) is 12.4. The van der Waals surface area contributed by atoms with Crippen LogP contribution in [0.15, 0.2) is 243 Å². The molecule has 12 rings (SSSR count). The Balaban J connectivity index is 1.01. The molecule has 0 saturated heterocycles. The van der Waals surface area contributed by atoms with E-state index in [0.717, 1.165) is 67.5 Å². The summed E-state index contributed by atoms with van der Waals surface area (Å²) in [5.74, 6) is 1.65. The van der Waals surface area contributed by atoms with E-state index in [9.17, 15) is 0 Å². The molecule has 0 N–H and O–H groups in total. The fourth-order valence-corrected chi connectivity index (χ4v) is 9.50. The van der Waals surface area contributed by atoms with Crippen LogP contribution in [0.1, 0.15) is 0 Å². The van der Waals surface area contributed by atoms with Gasteiger partial charge < -0.3 is 14.5 Å². The van der Waals surface area contributed by atoms with Crippen molar-refractivity contribution in [2.75, 3.05) is 9.80 Å². The van der Waals surface area contributed by atoms with Crippen molar-refractivity contribution in [2.24, 2.45) is 0 Å². The van der Waals surface area contributed by atoms with E-state index < -0.39 is 0 Å². The standard InChI is InChI=1S/C60H40N2O/c1-3-20-46(21-4-1)62(47-22-5-2-6-23-47)57-30-14-29-56-55-28-13-19-45-39-50(40-58(59(45)55)63-60(56)57)61(48-35-31-43(32-36-48)53-26-11-17-41-15-7-9-24-51(41)53)49-37-33-44(34-38-49)54-27-12-18-42-16-8-10-25-52(42)54/h1-40H. The molecule has 3 nitrogen and oxygen atoms in total. The SMILES string of the molecule is c1ccc(N(c2ccccc2)c2cccc3c2Oc2cc(N(c4ccc(-c5cccc6ccccc56)cc4)c4ccc(-c5cccc6ccccc56)cc4)cc4cccc-3c24)cc1. The molecule has 0 amide bonds. The lowest BCUT2D eigenvalue weighted by Crippen LogP contribution is -2.13. The Morgan fingerprint density at radius 2 is 0.730 bits per heavy atom. The Bertz CT molecular complexity index is 3300. The molecule has 0 fully saturated rings. The maximum atomic E-state index is 7.23. The number of benzene rings is 11. The smallest absolute Gasteiger partial charge is 0.159 e. The van der Waals surface area contributed by atoms with E-state index in [1.54, 1.807) is 0 Å². The van der Waals surface area contributed by atoms with E-state index in [1.165, 1.54) is 43.8 Å². The highest BCUT2D eigenvalue weighted by atomic mass is 16.5. The minimum atomic E-state index is 0.823. The fraction of sp³-hybridized carbons (Fsp3) is 0. The van der Waals surface area contributed by atoms with Gasteiger partial charge in [0.1, 0.15) is 5.75 Å². The molecule has 0 radical (unpaired) electrons. The molecule has 0 aromatic heterocycles. The largest absolute Gasteiger partial charge is 0.454 e. The molecule has 11 aromatic rings. The highest BCUT2D eigenvalue weighted by Gasteiger charge is 2.28. The monoisotopic (exact) mass is 804 g/mol. The van der Waals surface area contributed by atoms with Crippen LogP contribution in [0.25, 0.3) is 65.7 Å². The summed E-state index contributed by atoms with van der Waals surface area (Å²) in [5.41, 5.74) is 13.2. The molecule has 1 heterocycles. The second-order valence-electron chi connectivity index (χ2n) is 16.1. The van der Waals surface area contributed by atoms with Crippen LogP contribution in [-0.4, -0.2) is 0 Å². The summed E-state index contributed by atoms with van der Waals surface area (Å²) in [6.07, 6.45) is 0. The molecule has 1 aliphatic rings. The fourth-order valence-electron chi connectivity index (χ4n) is 9.50. The van der Waals surface area contributed by atoms with Crippen molar-refractivity contribution in [1.29, 1.82) is 0 Å². The minimum absolute atomic E-state index is 0.823. The number of rotatable bonds is 8. The Kier molecular flexibility index (Phi) is 8.83. The molecular formula is C60H40N2O. The molecule has 11 aromatic carbocycles. The normalized spacial score (nSPS) is 11.6. The zero-order chi connectivity index (χ0) is 41.7. The number of para-hydroxylation sites is 3. The molecule has 0 aliphatic carbocycles. The molecule has 63 heavy (non-hydrogen) atoms. The van der Waals surface area contributed by atoms with Gasteiger partial charge in [0.15, 0.2) is 5.75 Å². The zero-order valence-corrected chi connectivity index (χ0v) is 34.4. The predicted molar refractivity (Wildman–Crippen MR) is 265 cm³/mol. The number of hydrogen-bond acceptors (Lipinski definition) is 3. The topological polar surface area (TPSA) is 15.7 Å². The third kappa shape index (κ3) is 6.38. The van der Waals surface area contributed by atoms with E-state index >= 15 is 0 Å². The molecule has 0 atom stereocenters. The first kappa shape index (κ1) is 36.5. The highest BCUT2D eigenvalue weighted by molar-refractivity contribution is 6.08. The summed E-state index contributed by atoms with van der Waals surface area (Å²) in [7, 11) is 0. The van der Waals surface area contributed by atoms with Gasteiger partial charge in [-0.1, -0.05) is 176 Å². The van der Waals surface area contributed by atoms with Crippen LogP contribution in [-0.2, 0) is 0 Å². The first-order valence-electron chi connectivity index (χ1n) is 21.5. The van der Waals surface area contributed by atoms with E-state index in [1.807, 2.05) is 0 Å². The molecule has 1 aliphatic heterocycles. The number of fused-ring (bicyclic) bond motifs is 4. The van der Waals surface area contributed by atoms with Crippen LogP contribution in [0, 0.1) is 0 Å². The first-order chi connectivity index (χ1) is 31.2. The lowest BCUT2D eigenvalue weighted by Gasteiger charge is -2.32. The molecule has 3 heteroatoms. The lowest BCUT2D eigenvalue weighted by atomic mass is 9.93. The predicted octanol–water partition coefficient (Wildman–Crippen LogP) is 17.2. The van der Waals surface area contributed by atoms with Gasteiger partial charge in [0.05, 0.1) is 11.4 Å². The maximum Gasteiger partial charge on any atom is 0.159 e. The highest BCUT2D eigenvalue weighted by Crippen LogP contribution is 2.54. The molecule has 0 unspecified atom stereocenters. The van der Waals surface area contributed by atoms with Gasteiger partial charge >= 0.3 is 0 Å². The summed E-state index contributed by atoms with van der Waals surface area (Å²) in [5, 5.41) is 7.17. The average Bonchev–Trinajstić information content (AvgIpc) is 3.35. The number of ether oxygens (including phenoxy) is 1. The minimum Gasteiger partial charge on any atom is -0.454 e. The molecule has 0 spiro atoms. The second-order valence-corrected chi connectivity index (χ2v) is 16.1. The molecule has 0 saturated carbocycles. The van der Waals surface area contributed by atoms with Gasteiger partial charge in [-0.2, -0.15) is 0 Å². The van der Waals surface area contributed by atoms with Crippen molar-refractivity contribution in [1.82, 2.24) is 0 Å². The van der Waals surface area contributed by atoms with Gasteiger partial charge in [-0.3, -0.25) is 0 Å². The van der Waals surface area contributed by atoms with E-state index in [4.69, 9.17) is 4.74 Å². The molecule has 0 bridgehead atoms. The van der Waals surface area contributed by atoms with Gasteiger partial charge in [-0.15, -0.1) is 0 Å². The van der Waals surface area contributed by atoms with Gasteiger partial charge in [0, 0.05) is 39.8 Å². The van der Waals surface area contributed by atoms with Gasteiger partial charge in [0.25, 0.3) is 0 Å². The van der Waals surface area contributed by atoms with Crippen LogP contribution in [0.5, 0.6) is 11.5 Å². The Morgan fingerprint density at radius 1 is 0.286 bits per heavy atom. The second kappa shape index (κ2) is 15.3. The van der Waals surface area contributed by atoms with E-state index in [2.05, 4.69) is 252 Å². The average molecular weight is 805 g/mol. The van der Waals surface area contributed by atoms with Crippen LogP contribution in [0.4, 0.5) is 34.1 Å². The third-order valence-electron chi connectivity index (χ3n) is 12.4. The van der Waals surface area contributed by atoms with Crippen LogP contribution < -0.4 is 14.5 Å². The van der Waals surface area contributed by atoms with Gasteiger partial charge in [-0.25, -0.2) is 0 Å². The van der Waals surface area contributed by atoms with E-state index in [0.29, 0.717) is 0 Å². The summed E-state index contributed by atoms with van der Waals surface area (Å²) < 4.78 is 7.23. The van der Waals surface area contributed by atoms with Crippen molar-refractivity contribution < 1.29 is 4.74 Å². The van der Waals surface area contributed by atoms with Crippen molar-refractivity contribution >= 4 is 66.4 Å². The Labute approximate surface area is 367 Å². The van der Waals surface area contributed by atoms with Crippen molar-refractivity contribution in [2.45, 2.75) is 0 Å². The number of anilines is 6. The molecular weight excluding hydrogens is 765 g/mol. The number of hydrogen-bond donors (Lipinski definition) is 0. The van der Waals surface area contributed by atoms with Gasteiger partial charge in [0.2, 0.25) is 0 Å². The maximum absolute atomic E-state index is 7.23. The summed E-state index contributed by atoms with van der Waals surface area (Å²) >= 11 is 0. The van der Waals surface area contributed by atoms with Crippen molar-refractivity contribution in [3.8, 4) is 44.9 Å². The van der Waals surface area contributed by atoms with Crippen LogP contribution in [0.2, 0.25) is 0 Å². The number of nitrogens with zero attached hydrogens (tertiary/aromatic N) is 2. The van der Waals surface area contributed by atoms with Crippen molar-refractivity contribution in [3.63, 3.8) is 0 Å². The summed E-state index contributed by atoms with van der Waals surface area (Å²) in [6, 6.07) is 86.9. The Morgan fingerprint density at radius 3 is 1.30 bits per heavy atom. The molecule has 296 valence electrons. The zero-order valence-electron chi connectivity index (χ0n) is 34.4. The summed E-state index contributed by atoms with van der Waals surface area (Å²) in [4.78, 5) is 4.64. The van der Waals surface area contributed by atoms with E-state index in [-0.39, 0.29) is 0 Å². The van der Waals surface area contributed by atoms with Crippen LogP contribution >= 0.6 is 0 Å². The summed E-state index contributed by atoms with van der Waals surface area (Å²) in [6.45, 7) is 0. The lowest BCUT2D eigenvalue weighted by molar-refractivity contribution is 0.488. The van der Waals surface area contributed by atoms with Crippen molar-refractivity contribution in [3.05, 3.63) is 243 Å². The van der Waals surface area contributed by atoms with Gasteiger partial charge in [-0.05, 0) is 115 Å².